The van der Waals surface area contributed by atoms with Gasteiger partial charge in [0.05, 0.1) is 39.2 Å². The van der Waals surface area contributed by atoms with Crippen LogP contribution in [0.1, 0.15) is 25.7 Å². The monoisotopic (exact) mass is 824 g/mol. The minimum absolute atomic E-state index is 0. The first-order chi connectivity index (χ1) is 20.5. The molecule has 0 aromatic heterocycles. The molecule has 48 heavy (non-hydrogen) atoms. The summed E-state index contributed by atoms with van der Waals surface area (Å²) in [6, 6.07) is 0. The Kier molecular flexibility index (Phi) is 23.0. The van der Waals surface area contributed by atoms with Gasteiger partial charge in [0.1, 0.15) is 0 Å². The molecule has 0 amide bonds. The van der Waals surface area contributed by atoms with Gasteiger partial charge in [0.2, 0.25) is 20.0 Å². The number of hydrogen-bond acceptors (Lipinski definition) is 5. The Bertz CT molecular complexity index is 1080. The zero-order valence-electron chi connectivity index (χ0n) is 26.5. The van der Waals surface area contributed by atoms with E-state index in [1.54, 1.807) is 19.0 Å². The molecule has 0 fully saturated rings. The molecule has 0 saturated heterocycles. The number of halogens is 16. The fourth-order valence-electron chi connectivity index (χ4n) is 2.99. The van der Waals surface area contributed by atoms with Crippen LogP contribution in [0.15, 0.2) is 0 Å². The molecule has 296 valence electrons. The Hall–Kier alpha value is -0.660. The number of hydrogen-bond donors (Lipinski definition) is 2. The predicted octanol–water partition coefficient (Wildman–Crippen LogP) is 2.16. The third-order valence-corrected chi connectivity index (χ3v) is 8.43. The van der Waals surface area contributed by atoms with Crippen LogP contribution in [0.2, 0.25) is 0 Å². The summed E-state index contributed by atoms with van der Waals surface area (Å²) >= 11 is 4.64. The zero-order valence-corrected chi connectivity index (χ0v) is 29.6. The lowest BCUT2D eigenvalue weighted by Gasteiger charge is -2.29. The second kappa shape index (κ2) is 20.4. The van der Waals surface area contributed by atoms with Gasteiger partial charge in [-0.2, -0.15) is 52.7 Å². The van der Waals surface area contributed by atoms with Crippen LogP contribution >= 0.6 is 11.6 Å². The predicted molar refractivity (Wildman–Crippen MR) is 147 cm³/mol. The number of nitrogens with one attached hydrogen (secondary N) is 2. The molecule has 0 heterocycles. The van der Waals surface area contributed by atoms with Gasteiger partial charge >= 0.3 is 24.7 Å². The molecule has 8 nitrogen and oxygen atoms in total. The molecular formula is C22H40Cl2F14N4O4S2. The van der Waals surface area contributed by atoms with Gasteiger partial charge in [-0.15, -0.1) is 11.6 Å². The third-order valence-electron chi connectivity index (χ3n) is 5.66. The molecule has 0 radical (unpaired) electrons. The van der Waals surface area contributed by atoms with E-state index >= 15 is 0 Å². The van der Waals surface area contributed by atoms with E-state index in [1.807, 2.05) is 30.6 Å². The molecule has 0 aliphatic carbocycles. The molecule has 0 rings (SSSR count). The largest absolute Gasteiger partial charge is 1.00 e. The average Bonchev–Trinajstić information content (AvgIpc) is 2.85. The van der Waals surface area contributed by atoms with Gasteiger partial charge in [-0.1, -0.05) is 0 Å². The SMILES string of the molecule is CCl.CN(C)CCCNS(=O)(=O)CCC(F)(C(F)(F)F)C(F)(F)F.C[N+](C)(C)CCCNS(=O)(=O)CCC(F)(C(F)(F)F)C(F)(F)F.[Cl-]. The van der Waals surface area contributed by atoms with Gasteiger partial charge < -0.3 is 21.8 Å². The third kappa shape index (κ3) is 20.3. The molecule has 0 spiro atoms. The van der Waals surface area contributed by atoms with E-state index in [0.29, 0.717) is 30.4 Å². The van der Waals surface area contributed by atoms with Crippen molar-refractivity contribution in [3.8, 4) is 0 Å². The average molecular weight is 826 g/mol. The maximum Gasteiger partial charge on any atom is 0.431 e. The van der Waals surface area contributed by atoms with E-state index in [1.165, 1.54) is 6.38 Å². The topological polar surface area (TPSA) is 95.6 Å². The van der Waals surface area contributed by atoms with Crippen LogP contribution in [0.3, 0.4) is 0 Å². The molecule has 0 bridgehead atoms. The van der Waals surface area contributed by atoms with E-state index in [-0.39, 0.29) is 25.5 Å². The van der Waals surface area contributed by atoms with E-state index in [0.717, 1.165) is 0 Å². The van der Waals surface area contributed by atoms with Crippen LogP contribution in [0, 0.1) is 0 Å². The fourth-order valence-corrected chi connectivity index (χ4v) is 5.29. The molecule has 2 N–H and O–H groups in total. The highest BCUT2D eigenvalue weighted by Crippen LogP contribution is 2.49. The molecule has 0 saturated carbocycles. The van der Waals surface area contributed by atoms with Crippen molar-refractivity contribution in [1.29, 1.82) is 0 Å². The Labute approximate surface area is 282 Å². The van der Waals surface area contributed by atoms with Crippen LogP contribution < -0.4 is 21.9 Å². The summed E-state index contributed by atoms with van der Waals surface area (Å²) in [5.41, 5.74) is -11.1. The summed E-state index contributed by atoms with van der Waals surface area (Å²) in [5.74, 6) is -3.24. The molecular weight excluding hydrogens is 785 g/mol. The van der Waals surface area contributed by atoms with Gasteiger partial charge in [0.25, 0.3) is 11.3 Å². The van der Waals surface area contributed by atoms with Gasteiger partial charge in [-0.25, -0.2) is 35.1 Å². The van der Waals surface area contributed by atoms with Gasteiger partial charge in [-0.3, -0.25) is 0 Å². The number of nitrogens with zero attached hydrogens (tertiary/aromatic N) is 2. The number of quaternary nitrogens is 1. The highest BCUT2D eigenvalue weighted by atomic mass is 35.5. The Morgan fingerprint density at radius 1 is 0.583 bits per heavy atom. The van der Waals surface area contributed by atoms with E-state index in [9.17, 15) is 78.3 Å². The maximum atomic E-state index is 13.3. The minimum atomic E-state index is -6.25. The smallest absolute Gasteiger partial charge is 0.431 e. The summed E-state index contributed by atoms with van der Waals surface area (Å²) in [5, 5.41) is 0. The quantitative estimate of drug-likeness (QED) is 0.108. The lowest BCUT2D eigenvalue weighted by Crippen LogP contribution is -3.00. The Morgan fingerprint density at radius 3 is 1.08 bits per heavy atom. The summed E-state index contributed by atoms with van der Waals surface area (Å²) in [4.78, 5) is 1.70. The van der Waals surface area contributed by atoms with Crippen molar-refractivity contribution in [2.75, 3.05) is 79.3 Å². The van der Waals surface area contributed by atoms with Crippen LogP contribution in [0.25, 0.3) is 0 Å². The van der Waals surface area contributed by atoms with Crippen LogP contribution in [0.4, 0.5) is 61.5 Å². The Balaban J connectivity index is -0.000000376. The van der Waals surface area contributed by atoms with Crippen molar-refractivity contribution in [3.05, 3.63) is 0 Å². The van der Waals surface area contributed by atoms with E-state index in [2.05, 4.69) is 11.6 Å². The lowest BCUT2D eigenvalue weighted by molar-refractivity contribution is -0.870. The van der Waals surface area contributed by atoms with Crippen molar-refractivity contribution < 1.29 is 95.2 Å². The standard InChI is InChI=1S/C11H20F7N2O2S.C10H17F7N2O2S.CH3Cl.ClH/c1-20(2,3)7-4-6-19-23(21,22)8-5-9(12,10(13,14)15)11(16,17)18;1-19(2)6-3-5-18-22(20,21)7-4-8(11,9(12,13)14)10(15,16)17;1-2;/h19H,4-8H2,1-3H3;18H,3-7H2,1-2H3;1H3;1H/q+1;;;/p-1. The highest BCUT2D eigenvalue weighted by Gasteiger charge is 2.73. The first-order valence-electron chi connectivity index (χ1n) is 13.0. The number of sulfonamides is 2. The molecule has 0 atom stereocenters. The normalized spacial score (nSPS) is 14.0. The molecule has 0 aliphatic rings. The minimum Gasteiger partial charge on any atom is -1.00 e. The number of rotatable bonds is 16. The van der Waals surface area contributed by atoms with Gasteiger partial charge in [-0.05, 0) is 27.1 Å². The van der Waals surface area contributed by atoms with E-state index in [4.69, 9.17) is 0 Å². The highest BCUT2D eigenvalue weighted by molar-refractivity contribution is 7.89. The second-order valence-corrected chi connectivity index (χ2v) is 14.9. The van der Waals surface area contributed by atoms with Crippen molar-refractivity contribution in [1.82, 2.24) is 14.3 Å². The van der Waals surface area contributed by atoms with Crippen LogP contribution in [0.5, 0.6) is 0 Å². The van der Waals surface area contributed by atoms with Crippen LogP contribution in [-0.2, 0) is 20.0 Å². The summed E-state index contributed by atoms with van der Waals surface area (Å²) in [7, 11) is -0.0514. The van der Waals surface area contributed by atoms with E-state index < -0.39 is 80.4 Å². The zero-order chi connectivity index (χ0) is 38.6. The molecule has 0 aromatic carbocycles. The van der Waals surface area contributed by atoms with Crippen LogP contribution in [-0.4, -0.2) is 142 Å². The summed E-state index contributed by atoms with van der Waals surface area (Å²) < 4.78 is 224. The maximum absolute atomic E-state index is 13.3. The second-order valence-electron chi connectivity index (χ2n) is 11.0. The fraction of sp³-hybridized carbons (Fsp3) is 1.00. The van der Waals surface area contributed by atoms with Crippen molar-refractivity contribution in [2.45, 2.75) is 61.7 Å². The first kappa shape index (κ1) is 54.1. The molecule has 0 aromatic rings. The van der Waals surface area contributed by atoms with Crippen molar-refractivity contribution in [3.63, 3.8) is 0 Å². The summed E-state index contributed by atoms with van der Waals surface area (Å²) in [6.07, 6.45) is -27.4. The molecule has 0 unspecified atom stereocenters. The lowest BCUT2D eigenvalue weighted by atomic mass is 10.0. The molecule has 26 heteroatoms. The van der Waals surface area contributed by atoms with Crippen molar-refractivity contribution >= 4 is 31.6 Å². The first-order valence-corrected chi connectivity index (χ1v) is 17.0. The van der Waals surface area contributed by atoms with Crippen molar-refractivity contribution in [2.24, 2.45) is 0 Å². The van der Waals surface area contributed by atoms with Gasteiger partial charge in [0.15, 0.2) is 0 Å². The number of alkyl halides is 15. The van der Waals surface area contributed by atoms with Gasteiger partial charge in [0, 0.05) is 38.7 Å². The molecule has 0 aliphatic heterocycles. The summed E-state index contributed by atoms with van der Waals surface area (Å²) in [6.45, 7) is 0.661. The Morgan fingerprint density at radius 2 is 0.854 bits per heavy atom.